The van der Waals surface area contributed by atoms with Gasteiger partial charge >= 0.3 is 24.2 Å². The maximum absolute atomic E-state index is 15.8. The van der Waals surface area contributed by atoms with Crippen molar-refractivity contribution in [2.24, 2.45) is 0 Å². The van der Waals surface area contributed by atoms with E-state index in [4.69, 9.17) is 0 Å². The second kappa shape index (κ2) is 11.1. The van der Waals surface area contributed by atoms with E-state index in [1.165, 1.54) is 13.1 Å². The van der Waals surface area contributed by atoms with E-state index in [-0.39, 0.29) is 11.6 Å². The third-order valence-corrected chi connectivity index (χ3v) is 6.98. The van der Waals surface area contributed by atoms with E-state index in [2.05, 4.69) is 5.32 Å². The molecule has 0 fully saturated rings. The number of halogens is 13. The minimum atomic E-state index is -6.73. The molecule has 3 rings (SSSR count). The zero-order chi connectivity index (χ0) is 32.1. The van der Waals surface area contributed by atoms with Crippen LogP contribution in [0.25, 0.3) is 0 Å². The highest BCUT2D eigenvalue weighted by Gasteiger charge is 2.73. The number of amides is 2. The van der Waals surface area contributed by atoms with Crippen molar-refractivity contribution < 1.29 is 62.3 Å². The Morgan fingerprint density at radius 3 is 2.05 bits per heavy atom. The highest BCUT2D eigenvalue weighted by atomic mass is 127. The van der Waals surface area contributed by atoms with Crippen LogP contribution < -0.4 is 10.6 Å². The summed E-state index contributed by atoms with van der Waals surface area (Å²) in [6.07, 6.45) is -16.7. The van der Waals surface area contributed by atoms with E-state index in [0.29, 0.717) is 6.07 Å². The smallest absolute Gasteiger partial charge is 0.355 e. The molecule has 0 saturated heterocycles. The van der Waals surface area contributed by atoms with E-state index < -0.39 is 91.5 Å². The fourth-order valence-corrected chi connectivity index (χ4v) is 4.83. The molecule has 4 nitrogen and oxygen atoms in total. The van der Waals surface area contributed by atoms with E-state index >= 15 is 8.78 Å². The summed E-state index contributed by atoms with van der Waals surface area (Å²) in [7, 11) is 1.25. The van der Waals surface area contributed by atoms with Crippen LogP contribution in [-0.2, 0) is 22.3 Å². The molecule has 0 spiro atoms. The Hall–Kier alpha value is -3.25. The van der Waals surface area contributed by atoms with Gasteiger partial charge < -0.3 is 10.6 Å². The van der Waals surface area contributed by atoms with Crippen molar-refractivity contribution in [2.45, 2.75) is 36.3 Å². The Kier molecular flexibility index (Phi) is 8.79. The maximum atomic E-state index is 15.8. The van der Waals surface area contributed by atoms with Gasteiger partial charge in [0.25, 0.3) is 5.91 Å². The summed E-state index contributed by atoms with van der Waals surface area (Å²) < 4.78 is 165. The van der Waals surface area contributed by atoms with Gasteiger partial charge in [-0.25, -0.2) is 13.2 Å². The zero-order valence-corrected chi connectivity index (χ0v) is 22.7. The first-order chi connectivity index (χ1) is 19.1. The first-order valence-electron chi connectivity index (χ1n) is 11.2. The predicted octanol–water partition coefficient (Wildman–Crippen LogP) is 7.79. The van der Waals surface area contributed by atoms with Gasteiger partial charge in [-0.2, -0.15) is 39.5 Å². The van der Waals surface area contributed by atoms with Gasteiger partial charge in [0, 0.05) is 33.7 Å². The Morgan fingerprint density at radius 2 is 1.52 bits per heavy atom. The average molecular weight is 730 g/mol. The van der Waals surface area contributed by atoms with Crippen molar-refractivity contribution in [1.29, 1.82) is 0 Å². The molecular formula is C25H15F12IN2O2. The molecule has 1 aliphatic rings. The van der Waals surface area contributed by atoms with Crippen molar-refractivity contribution in [1.82, 2.24) is 5.32 Å². The van der Waals surface area contributed by atoms with Gasteiger partial charge in [0.1, 0.15) is 5.82 Å². The van der Waals surface area contributed by atoms with Gasteiger partial charge in [0.2, 0.25) is 5.91 Å². The average Bonchev–Trinajstić information content (AvgIpc) is 2.86. The van der Waals surface area contributed by atoms with Gasteiger partial charge in [-0.3, -0.25) is 9.59 Å². The second-order valence-electron chi connectivity index (χ2n) is 8.82. The highest BCUT2D eigenvalue weighted by Crippen LogP contribution is 2.55. The van der Waals surface area contributed by atoms with Crippen molar-refractivity contribution in [3.05, 3.63) is 85.8 Å². The highest BCUT2D eigenvalue weighted by molar-refractivity contribution is 14.1. The van der Waals surface area contributed by atoms with E-state index in [9.17, 15) is 53.5 Å². The van der Waals surface area contributed by atoms with Crippen LogP contribution >= 0.6 is 22.6 Å². The minimum absolute atomic E-state index is 0.122. The monoisotopic (exact) mass is 730 g/mol. The number of benzene rings is 2. The topological polar surface area (TPSA) is 58.2 Å². The fraction of sp³-hybridized carbons (Fsp3) is 0.280. The number of allylic oxidation sites excluding steroid dienone is 3. The van der Waals surface area contributed by atoms with Gasteiger partial charge in [-0.15, -0.1) is 0 Å². The van der Waals surface area contributed by atoms with Crippen LogP contribution in [0, 0.1) is 9.39 Å². The predicted molar refractivity (Wildman–Crippen MR) is 132 cm³/mol. The number of rotatable bonds is 5. The summed E-state index contributed by atoms with van der Waals surface area (Å²) >= 11 is 0.842. The largest absolute Gasteiger partial charge is 0.435 e. The molecule has 1 unspecified atom stereocenters. The summed E-state index contributed by atoms with van der Waals surface area (Å²) in [6, 6.07) is 1.59. The molecule has 0 radical (unpaired) electrons. The molecular weight excluding hydrogens is 715 g/mol. The third kappa shape index (κ3) is 5.96. The normalized spacial score (nSPS) is 18.0. The first-order valence-corrected chi connectivity index (χ1v) is 12.3. The lowest BCUT2D eigenvalue weighted by Crippen LogP contribution is -2.50. The molecule has 0 aromatic heterocycles. The lowest BCUT2D eigenvalue weighted by molar-refractivity contribution is -0.348. The van der Waals surface area contributed by atoms with Crippen molar-refractivity contribution >= 4 is 40.1 Å². The standard InChI is InChI=1S/C25H15F12IN2O2/c1-39-19(41)11-4-3-7-21(27,10-11)14-6-2-5-13(17(14)26)20(42)40-18-15(23(29,30)31)8-12(9-16(18)38)22(28,24(32,33)34)25(35,36)37/h2-9H,10H2,1H3,(H,39,41)(H,40,42). The Labute approximate surface area is 242 Å². The van der Waals surface area contributed by atoms with Crippen LogP contribution in [0.3, 0.4) is 0 Å². The van der Waals surface area contributed by atoms with Crippen LogP contribution in [0.5, 0.6) is 0 Å². The van der Waals surface area contributed by atoms with Crippen LogP contribution in [0.4, 0.5) is 58.4 Å². The molecule has 2 aromatic rings. The number of anilines is 1. The molecule has 2 aromatic carbocycles. The Bertz CT molecular complexity index is 1460. The van der Waals surface area contributed by atoms with Crippen molar-refractivity contribution in [2.75, 3.05) is 12.4 Å². The van der Waals surface area contributed by atoms with Crippen molar-refractivity contribution in [3.63, 3.8) is 0 Å². The molecule has 0 saturated carbocycles. The molecule has 0 heterocycles. The second-order valence-corrected chi connectivity index (χ2v) is 9.99. The van der Waals surface area contributed by atoms with Gasteiger partial charge in [-0.05, 0) is 46.9 Å². The van der Waals surface area contributed by atoms with Crippen LogP contribution in [0.15, 0.2) is 54.1 Å². The maximum Gasteiger partial charge on any atom is 0.435 e. The van der Waals surface area contributed by atoms with E-state index in [1.807, 2.05) is 0 Å². The summed E-state index contributed by atoms with van der Waals surface area (Å²) in [5.74, 6) is -3.99. The quantitative estimate of drug-likeness (QED) is 0.244. The molecule has 228 valence electrons. The number of nitrogens with one attached hydrogen (secondary N) is 2. The van der Waals surface area contributed by atoms with E-state index in [1.54, 1.807) is 5.32 Å². The molecule has 1 atom stereocenters. The number of likely N-dealkylation sites (N-methyl/N-ethyl adjacent to an activating group) is 1. The van der Waals surface area contributed by atoms with Gasteiger partial charge in [0.05, 0.1) is 16.8 Å². The molecule has 1 aliphatic carbocycles. The SMILES string of the molecule is CNC(=O)C1=CC=CC(F)(c2cccc(C(=O)Nc3c(I)cc(C(F)(C(F)(F)F)C(F)(F)F)cc3C(F)(F)F)c2F)C1. The Morgan fingerprint density at radius 1 is 0.929 bits per heavy atom. The molecule has 42 heavy (non-hydrogen) atoms. The van der Waals surface area contributed by atoms with Crippen LogP contribution in [-0.4, -0.2) is 31.2 Å². The van der Waals surface area contributed by atoms with Crippen LogP contribution in [0.2, 0.25) is 0 Å². The van der Waals surface area contributed by atoms with Crippen LogP contribution in [0.1, 0.15) is 33.5 Å². The summed E-state index contributed by atoms with van der Waals surface area (Å²) in [4.78, 5) is 24.8. The number of hydrogen-bond acceptors (Lipinski definition) is 2. The lowest BCUT2D eigenvalue weighted by atomic mass is 9.84. The molecule has 0 aliphatic heterocycles. The van der Waals surface area contributed by atoms with Crippen molar-refractivity contribution in [3.8, 4) is 0 Å². The number of alkyl halides is 11. The fourth-order valence-electron chi connectivity index (χ4n) is 4.07. The molecule has 2 N–H and O–H groups in total. The summed E-state index contributed by atoms with van der Waals surface area (Å²) in [6.45, 7) is 0. The third-order valence-electron chi connectivity index (χ3n) is 6.13. The Balaban J connectivity index is 2.10. The molecule has 0 bridgehead atoms. The first kappa shape index (κ1) is 33.3. The number of carbonyl (C=O) groups is 2. The zero-order valence-electron chi connectivity index (χ0n) is 20.6. The van der Waals surface area contributed by atoms with Gasteiger partial charge in [-0.1, -0.05) is 24.3 Å². The summed E-state index contributed by atoms with van der Waals surface area (Å²) in [5.41, 5.74) is -17.1. The number of carbonyl (C=O) groups excluding carboxylic acids is 2. The molecule has 17 heteroatoms. The lowest BCUT2D eigenvalue weighted by Gasteiger charge is -2.31. The molecule has 2 amide bonds. The number of hydrogen-bond donors (Lipinski definition) is 2. The van der Waals surface area contributed by atoms with E-state index in [0.717, 1.165) is 46.9 Å². The van der Waals surface area contributed by atoms with Gasteiger partial charge in [0.15, 0.2) is 5.67 Å². The summed E-state index contributed by atoms with van der Waals surface area (Å²) in [5, 5.41) is 3.81. The minimum Gasteiger partial charge on any atom is -0.355 e.